The van der Waals surface area contributed by atoms with Crippen LogP contribution in [0.3, 0.4) is 0 Å². The van der Waals surface area contributed by atoms with E-state index in [-0.39, 0.29) is 0 Å². The lowest BCUT2D eigenvalue weighted by Gasteiger charge is -2.42. The molecule has 2 heteroatoms. The monoisotopic (exact) mass is 274 g/mol. The molecule has 1 atom stereocenters. The SMILES string of the molecule is CCCC1(CN(CC)c2ccccc2C)CCCNC1. The summed E-state index contributed by atoms with van der Waals surface area (Å²) >= 11 is 0. The van der Waals surface area contributed by atoms with Crippen molar-refractivity contribution in [2.24, 2.45) is 5.41 Å². The van der Waals surface area contributed by atoms with Gasteiger partial charge in [0, 0.05) is 30.7 Å². The molecule has 1 aromatic carbocycles. The van der Waals surface area contributed by atoms with Gasteiger partial charge in [-0.05, 0) is 51.3 Å². The van der Waals surface area contributed by atoms with Gasteiger partial charge in [0.2, 0.25) is 0 Å². The number of hydrogen-bond acceptors (Lipinski definition) is 2. The summed E-state index contributed by atoms with van der Waals surface area (Å²) in [4.78, 5) is 2.58. The van der Waals surface area contributed by atoms with Crippen LogP contribution in [0.4, 0.5) is 5.69 Å². The third kappa shape index (κ3) is 3.54. The van der Waals surface area contributed by atoms with E-state index in [1.165, 1.54) is 56.6 Å². The second-order valence-corrected chi connectivity index (χ2v) is 6.33. The van der Waals surface area contributed by atoms with Crippen LogP contribution in [0.1, 0.15) is 45.1 Å². The number of piperidine rings is 1. The van der Waals surface area contributed by atoms with Crippen molar-refractivity contribution in [3.63, 3.8) is 0 Å². The number of benzene rings is 1. The Bertz CT molecular complexity index is 402. The van der Waals surface area contributed by atoms with Gasteiger partial charge in [0.05, 0.1) is 0 Å². The third-order valence-corrected chi connectivity index (χ3v) is 4.71. The zero-order chi connectivity index (χ0) is 14.4. The first-order valence-electron chi connectivity index (χ1n) is 8.22. The minimum Gasteiger partial charge on any atom is -0.371 e. The minimum atomic E-state index is 0.464. The van der Waals surface area contributed by atoms with Crippen molar-refractivity contribution in [3.05, 3.63) is 29.8 Å². The van der Waals surface area contributed by atoms with Gasteiger partial charge in [-0.2, -0.15) is 0 Å². The van der Waals surface area contributed by atoms with E-state index in [0.29, 0.717) is 5.41 Å². The molecule has 20 heavy (non-hydrogen) atoms. The molecule has 1 unspecified atom stereocenters. The summed E-state index contributed by atoms with van der Waals surface area (Å²) in [6.45, 7) is 11.5. The number of para-hydroxylation sites is 1. The van der Waals surface area contributed by atoms with Crippen molar-refractivity contribution in [1.82, 2.24) is 5.32 Å². The zero-order valence-electron chi connectivity index (χ0n) is 13.4. The molecule has 0 saturated carbocycles. The second-order valence-electron chi connectivity index (χ2n) is 6.33. The minimum absolute atomic E-state index is 0.464. The van der Waals surface area contributed by atoms with E-state index < -0.39 is 0 Å². The first kappa shape index (κ1) is 15.4. The van der Waals surface area contributed by atoms with Crippen molar-refractivity contribution in [2.75, 3.05) is 31.1 Å². The average Bonchev–Trinajstić information content (AvgIpc) is 2.47. The Balaban J connectivity index is 2.16. The highest BCUT2D eigenvalue weighted by molar-refractivity contribution is 5.53. The van der Waals surface area contributed by atoms with Crippen LogP contribution in [0.25, 0.3) is 0 Å². The molecule has 1 fully saturated rings. The fourth-order valence-electron chi connectivity index (χ4n) is 3.68. The highest BCUT2D eigenvalue weighted by Crippen LogP contribution is 2.34. The third-order valence-electron chi connectivity index (χ3n) is 4.71. The number of hydrogen-bond donors (Lipinski definition) is 1. The molecule has 1 aliphatic rings. The topological polar surface area (TPSA) is 15.3 Å². The summed E-state index contributed by atoms with van der Waals surface area (Å²) < 4.78 is 0. The summed E-state index contributed by atoms with van der Waals surface area (Å²) in [7, 11) is 0. The molecule has 0 aliphatic carbocycles. The van der Waals surface area contributed by atoms with Gasteiger partial charge >= 0.3 is 0 Å². The first-order valence-corrected chi connectivity index (χ1v) is 8.22. The molecule has 1 aliphatic heterocycles. The van der Waals surface area contributed by atoms with Gasteiger partial charge in [0.15, 0.2) is 0 Å². The maximum absolute atomic E-state index is 3.63. The maximum atomic E-state index is 3.63. The van der Waals surface area contributed by atoms with Crippen molar-refractivity contribution in [3.8, 4) is 0 Å². The van der Waals surface area contributed by atoms with E-state index in [4.69, 9.17) is 0 Å². The highest BCUT2D eigenvalue weighted by Gasteiger charge is 2.33. The van der Waals surface area contributed by atoms with Crippen LogP contribution in [0, 0.1) is 12.3 Å². The standard InChI is InChI=1S/C18H30N2/c1-4-11-18(12-8-13-19-14-18)15-20(5-2)17-10-7-6-9-16(17)3/h6-7,9-10,19H,4-5,8,11-15H2,1-3H3. The van der Waals surface area contributed by atoms with Gasteiger partial charge in [-0.25, -0.2) is 0 Å². The van der Waals surface area contributed by atoms with Gasteiger partial charge < -0.3 is 10.2 Å². The van der Waals surface area contributed by atoms with E-state index in [0.717, 1.165) is 6.54 Å². The lowest BCUT2D eigenvalue weighted by Crippen LogP contribution is -2.47. The molecule has 1 N–H and O–H groups in total. The second kappa shape index (κ2) is 7.12. The Morgan fingerprint density at radius 1 is 1.25 bits per heavy atom. The molecule has 112 valence electrons. The number of nitrogens with zero attached hydrogens (tertiary/aromatic N) is 1. The quantitative estimate of drug-likeness (QED) is 0.843. The van der Waals surface area contributed by atoms with Crippen LogP contribution in [-0.4, -0.2) is 26.2 Å². The van der Waals surface area contributed by atoms with Gasteiger partial charge in [-0.15, -0.1) is 0 Å². The molecule has 1 heterocycles. The van der Waals surface area contributed by atoms with Crippen LogP contribution in [0.15, 0.2) is 24.3 Å². The summed E-state index contributed by atoms with van der Waals surface area (Å²) in [6.07, 6.45) is 5.32. The Kier molecular flexibility index (Phi) is 5.47. The molecule has 1 saturated heterocycles. The lowest BCUT2D eigenvalue weighted by molar-refractivity contribution is 0.195. The largest absolute Gasteiger partial charge is 0.371 e. The van der Waals surface area contributed by atoms with E-state index in [9.17, 15) is 0 Å². The normalized spacial score (nSPS) is 22.8. The average molecular weight is 274 g/mol. The molecule has 0 amide bonds. The smallest absolute Gasteiger partial charge is 0.0396 e. The number of anilines is 1. The molecular formula is C18H30N2. The molecule has 0 bridgehead atoms. The Morgan fingerprint density at radius 3 is 2.65 bits per heavy atom. The number of aryl methyl sites for hydroxylation is 1. The van der Waals surface area contributed by atoms with Crippen molar-refractivity contribution < 1.29 is 0 Å². The molecular weight excluding hydrogens is 244 g/mol. The van der Waals surface area contributed by atoms with Crippen LogP contribution < -0.4 is 10.2 Å². The van der Waals surface area contributed by atoms with Gasteiger partial charge in [-0.3, -0.25) is 0 Å². The summed E-state index contributed by atoms with van der Waals surface area (Å²) in [6, 6.07) is 8.80. The molecule has 0 spiro atoms. The fourth-order valence-corrected chi connectivity index (χ4v) is 3.68. The van der Waals surface area contributed by atoms with Crippen molar-refractivity contribution in [1.29, 1.82) is 0 Å². The van der Waals surface area contributed by atoms with E-state index in [1.54, 1.807) is 0 Å². The van der Waals surface area contributed by atoms with Crippen molar-refractivity contribution in [2.45, 2.75) is 46.5 Å². The maximum Gasteiger partial charge on any atom is 0.0396 e. The van der Waals surface area contributed by atoms with E-state index in [2.05, 4.69) is 55.3 Å². The fraction of sp³-hybridized carbons (Fsp3) is 0.667. The molecule has 0 aromatic heterocycles. The Hall–Kier alpha value is -1.02. The van der Waals surface area contributed by atoms with Gasteiger partial charge in [0.25, 0.3) is 0 Å². The van der Waals surface area contributed by atoms with E-state index >= 15 is 0 Å². The molecule has 2 rings (SSSR count). The highest BCUT2D eigenvalue weighted by atomic mass is 15.1. The summed E-state index contributed by atoms with van der Waals surface area (Å²) in [5.41, 5.74) is 3.27. The summed E-state index contributed by atoms with van der Waals surface area (Å²) in [5, 5.41) is 3.63. The lowest BCUT2D eigenvalue weighted by atomic mass is 9.76. The molecule has 1 aromatic rings. The zero-order valence-corrected chi connectivity index (χ0v) is 13.4. The van der Waals surface area contributed by atoms with Crippen LogP contribution >= 0.6 is 0 Å². The van der Waals surface area contributed by atoms with Gasteiger partial charge in [0.1, 0.15) is 0 Å². The molecule has 0 radical (unpaired) electrons. The van der Waals surface area contributed by atoms with Crippen LogP contribution in [-0.2, 0) is 0 Å². The van der Waals surface area contributed by atoms with Gasteiger partial charge in [-0.1, -0.05) is 31.5 Å². The number of rotatable bonds is 6. The summed E-state index contributed by atoms with van der Waals surface area (Å²) in [5.74, 6) is 0. The Labute approximate surface area is 124 Å². The van der Waals surface area contributed by atoms with Crippen molar-refractivity contribution >= 4 is 5.69 Å². The predicted molar refractivity (Wildman–Crippen MR) is 88.5 cm³/mol. The van der Waals surface area contributed by atoms with Crippen LogP contribution in [0.5, 0.6) is 0 Å². The Morgan fingerprint density at radius 2 is 2.05 bits per heavy atom. The molecule has 2 nitrogen and oxygen atoms in total. The van der Waals surface area contributed by atoms with Crippen LogP contribution in [0.2, 0.25) is 0 Å². The first-order chi connectivity index (χ1) is 9.71. The van der Waals surface area contributed by atoms with E-state index in [1.807, 2.05) is 0 Å². The predicted octanol–water partition coefficient (Wildman–Crippen LogP) is 3.99. The number of nitrogens with one attached hydrogen (secondary N) is 1.